The molecule has 0 spiro atoms. The van der Waals surface area contributed by atoms with Crippen molar-refractivity contribution in [2.75, 3.05) is 0 Å². The van der Waals surface area contributed by atoms with Crippen molar-refractivity contribution in [3.63, 3.8) is 0 Å². The van der Waals surface area contributed by atoms with Crippen LogP contribution in [0.3, 0.4) is 0 Å². The molecule has 0 N–H and O–H groups in total. The van der Waals surface area contributed by atoms with Gasteiger partial charge in [-0.1, -0.05) is 6.42 Å². The molecule has 0 saturated carbocycles. The minimum Gasteiger partial charge on any atom is -0.294 e. The van der Waals surface area contributed by atoms with Gasteiger partial charge in [0.2, 0.25) is 0 Å². The van der Waals surface area contributed by atoms with Gasteiger partial charge in [0.1, 0.15) is 0 Å². The van der Waals surface area contributed by atoms with E-state index in [0.29, 0.717) is 18.4 Å². The number of aromatic nitrogens is 1. The molecule has 0 aromatic carbocycles. The second-order valence-corrected chi connectivity index (χ2v) is 8.05. The Morgan fingerprint density at radius 2 is 1.89 bits per heavy atom. The molecule has 2 saturated heterocycles. The third-order valence-electron chi connectivity index (χ3n) is 4.39. The zero-order valence-electron chi connectivity index (χ0n) is 10.7. The van der Waals surface area contributed by atoms with Crippen LogP contribution in [0.15, 0.2) is 24.5 Å². The maximum atomic E-state index is 12.4. The van der Waals surface area contributed by atoms with E-state index < -0.39 is 9.84 Å². The van der Waals surface area contributed by atoms with Crippen LogP contribution in [0.4, 0.5) is 0 Å². The van der Waals surface area contributed by atoms with Crippen LogP contribution in [0, 0.1) is 5.92 Å². The lowest BCUT2D eigenvalue weighted by atomic mass is 9.85. The lowest BCUT2D eigenvalue weighted by Crippen LogP contribution is -2.45. The Balaban J connectivity index is 1.84. The lowest BCUT2D eigenvalue weighted by Gasteiger charge is -2.38. The van der Waals surface area contributed by atoms with Crippen molar-refractivity contribution in [1.82, 2.24) is 4.98 Å². The van der Waals surface area contributed by atoms with E-state index in [1.165, 1.54) is 0 Å². The molecule has 19 heavy (non-hydrogen) atoms. The highest BCUT2D eigenvalue weighted by Gasteiger charge is 2.45. The third kappa shape index (κ3) is 2.20. The molecule has 2 fully saturated rings. The topological polar surface area (TPSA) is 64.1 Å². The standard InChI is InChI=1S/C14H17NO3S/c16-14(10-3-2-6-15-9-10)11-7-12-4-1-5-13(8-11)19(12,17)18/h2-3,6,9,11-13H,1,4-5,7-8H2. The fourth-order valence-corrected chi connectivity index (χ4v) is 5.90. The summed E-state index contributed by atoms with van der Waals surface area (Å²) in [6.07, 6.45) is 6.60. The number of Topliss-reactive ketones (excluding diaryl/α,β-unsaturated/α-hetero) is 1. The fraction of sp³-hybridized carbons (Fsp3) is 0.571. The van der Waals surface area contributed by atoms with Crippen LogP contribution in [-0.2, 0) is 9.84 Å². The zero-order chi connectivity index (χ0) is 13.5. The Bertz CT molecular complexity index is 562. The number of sulfone groups is 1. The average molecular weight is 279 g/mol. The van der Waals surface area contributed by atoms with E-state index in [9.17, 15) is 13.2 Å². The van der Waals surface area contributed by atoms with Gasteiger partial charge in [-0.15, -0.1) is 0 Å². The minimum absolute atomic E-state index is 0.0555. The molecule has 2 aliphatic rings. The molecule has 1 aromatic rings. The van der Waals surface area contributed by atoms with Gasteiger partial charge in [-0.05, 0) is 37.8 Å². The summed E-state index contributed by atoms with van der Waals surface area (Å²) in [5.74, 6) is -0.0945. The van der Waals surface area contributed by atoms with E-state index in [2.05, 4.69) is 4.98 Å². The predicted octanol–water partition coefficient (Wildman–Crippen LogP) is 2.01. The summed E-state index contributed by atoms with van der Waals surface area (Å²) >= 11 is 0. The first kappa shape index (κ1) is 12.8. The summed E-state index contributed by atoms with van der Waals surface area (Å²) in [6, 6.07) is 3.50. The van der Waals surface area contributed by atoms with E-state index in [0.717, 1.165) is 19.3 Å². The molecular formula is C14H17NO3S. The molecular weight excluding hydrogens is 262 g/mol. The second-order valence-electron chi connectivity index (χ2n) is 5.54. The van der Waals surface area contributed by atoms with E-state index in [-0.39, 0.29) is 22.2 Å². The van der Waals surface area contributed by atoms with E-state index in [1.54, 1.807) is 24.5 Å². The van der Waals surface area contributed by atoms with Crippen molar-refractivity contribution in [1.29, 1.82) is 0 Å². The van der Waals surface area contributed by atoms with Crippen molar-refractivity contribution in [3.8, 4) is 0 Å². The van der Waals surface area contributed by atoms with Gasteiger partial charge in [-0.25, -0.2) is 8.42 Å². The van der Waals surface area contributed by atoms with E-state index in [4.69, 9.17) is 0 Å². The highest BCUT2D eigenvalue weighted by molar-refractivity contribution is 7.92. The van der Waals surface area contributed by atoms with Crippen LogP contribution in [0.25, 0.3) is 0 Å². The Morgan fingerprint density at radius 1 is 1.21 bits per heavy atom. The first-order valence-electron chi connectivity index (χ1n) is 6.76. The minimum atomic E-state index is -2.98. The maximum Gasteiger partial charge on any atom is 0.167 e. The zero-order valence-corrected chi connectivity index (χ0v) is 11.5. The summed E-state index contributed by atoms with van der Waals surface area (Å²) in [5.41, 5.74) is 0.602. The van der Waals surface area contributed by atoms with Crippen molar-refractivity contribution in [3.05, 3.63) is 30.1 Å². The first-order valence-corrected chi connectivity index (χ1v) is 8.37. The second kappa shape index (κ2) is 4.71. The highest BCUT2D eigenvalue weighted by Crippen LogP contribution is 2.40. The number of carbonyl (C=O) groups excluding carboxylic acids is 1. The largest absolute Gasteiger partial charge is 0.294 e. The van der Waals surface area contributed by atoms with E-state index in [1.807, 2.05) is 0 Å². The van der Waals surface area contributed by atoms with Crippen molar-refractivity contribution in [2.45, 2.75) is 42.6 Å². The van der Waals surface area contributed by atoms with Gasteiger partial charge in [0.15, 0.2) is 15.6 Å². The molecule has 2 aliphatic heterocycles. The van der Waals surface area contributed by atoms with Crippen LogP contribution in [-0.4, -0.2) is 29.7 Å². The average Bonchev–Trinajstić information content (AvgIpc) is 2.37. The third-order valence-corrected chi connectivity index (χ3v) is 7.11. The SMILES string of the molecule is O=C(c1cccnc1)C1CC2CCCC(C1)S2(=O)=O. The Morgan fingerprint density at radius 3 is 2.47 bits per heavy atom. The van der Waals surface area contributed by atoms with Crippen LogP contribution in [0.1, 0.15) is 42.5 Å². The Labute approximate surface area is 113 Å². The maximum absolute atomic E-state index is 12.4. The molecule has 0 radical (unpaired) electrons. The number of ketones is 1. The Hall–Kier alpha value is -1.23. The first-order chi connectivity index (χ1) is 9.09. The smallest absolute Gasteiger partial charge is 0.167 e. The predicted molar refractivity (Wildman–Crippen MR) is 71.6 cm³/mol. The summed E-state index contributed by atoms with van der Waals surface area (Å²) in [7, 11) is -2.98. The van der Waals surface area contributed by atoms with Crippen molar-refractivity contribution >= 4 is 15.6 Å². The Kier molecular flexibility index (Phi) is 3.17. The number of fused-ring (bicyclic) bond motifs is 2. The summed E-state index contributed by atoms with van der Waals surface area (Å²) in [5, 5.41) is -0.601. The van der Waals surface area contributed by atoms with Crippen LogP contribution < -0.4 is 0 Å². The molecule has 2 atom stereocenters. The molecule has 102 valence electrons. The number of rotatable bonds is 2. The van der Waals surface area contributed by atoms with Gasteiger partial charge >= 0.3 is 0 Å². The monoisotopic (exact) mass is 279 g/mol. The van der Waals surface area contributed by atoms with Crippen molar-refractivity contribution < 1.29 is 13.2 Å². The van der Waals surface area contributed by atoms with Gasteiger partial charge < -0.3 is 0 Å². The summed E-state index contributed by atoms with van der Waals surface area (Å²) < 4.78 is 24.4. The molecule has 2 bridgehead atoms. The quantitative estimate of drug-likeness (QED) is 0.777. The number of hydrogen-bond donors (Lipinski definition) is 0. The van der Waals surface area contributed by atoms with Gasteiger partial charge in [0.25, 0.3) is 0 Å². The molecule has 3 rings (SSSR count). The van der Waals surface area contributed by atoms with Gasteiger partial charge in [0.05, 0.1) is 10.5 Å². The van der Waals surface area contributed by atoms with Gasteiger partial charge in [-0.3, -0.25) is 9.78 Å². The molecule has 1 aromatic heterocycles. The van der Waals surface area contributed by atoms with Gasteiger partial charge in [-0.2, -0.15) is 0 Å². The van der Waals surface area contributed by atoms with Crippen molar-refractivity contribution in [2.24, 2.45) is 5.92 Å². The number of nitrogens with zero attached hydrogens (tertiary/aromatic N) is 1. The number of carbonyl (C=O) groups is 1. The molecule has 5 heteroatoms. The highest BCUT2D eigenvalue weighted by atomic mass is 32.2. The number of pyridine rings is 1. The molecule has 4 nitrogen and oxygen atoms in total. The van der Waals surface area contributed by atoms with Crippen LogP contribution in [0.2, 0.25) is 0 Å². The van der Waals surface area contributed by atoms with E-state index >= 15 is 0 Å². The number of hydrogen-bond acceptors (Lipinski definition) is 4. The van der Waals surface area contributed by atoms with Crippen LogP contribution >= 0.6 is 0 Å². The fourth-order valence-electron chi connectivity index (χ4n) is 3.37. The lowest BCUT2D eigenvalue weighted by molar-refractivity contribution is 0.0893. The summed E-state index contributed by atoms with van der Waals surface area (Å²) in [4.78, 5) is 16.4. The molecule has 2 unspecified atom stereocenters. The molecule has 0 aliphatic carbocycles. The molecule has 3 heterocycles. The van der Waals surface area contributed by atoms with Gasteiger partial charge in [0, 0.05) is 23.9 Å². The molecule has 0 amide bonds. The summed E-state index contributed by atoms with van der Waals surface area (Å²) in [6.45, 7) is 0. The van der Waals surface area contributed by atoms with Crippen LogP contribution in [0.5, 0.6) is 0 Å². The normalized spacial score (nSPS) is 32.7.